The van der Waals surface area contributed by atoms with E-state index in [9.17, 15) is 14.0 Å². The molecule has 1 aromatic carbocycles. The Kier molecular flexibility index (Phi) is 5.70. The van der Waals surface area contributed by atoms with Crippen molar-refractivity contribution in [2.45, 2.75) is 19.9 Å². The number of halogens is 2. The second-order valence-electron chi connectivity index (χ2n) is 4.46. The van der Waals surface area contributed by atoms with Gasteiger partial charge in [0.1, 0.15) is 12.4 Å². The highest BCUT2D eigenvalue weighted by molar-refractivity contribution is 6.30. The lowest BCUT2D eigenvalue weighted by Crippen LogP contribution is -2.39. The van der Waals surface area contributed by atoms with E-state index in [4.69, 9.17) is 16.7 Å². The van der Waals surface area contributed by atoms with E-state index in [1.54, 1.807) is 13.8 Å². The van der Waals surface area contributed by atoms with E-state index in [0.29, 0.717) is 5.56 Å². The van der Waals surface area contributed by atoms with E-state index >= 15 is 0 Å². The summed E-state index contributed by atoms with van der Waals surface area (Å²) in [6, 6.07) is 3.82. The standard InChI is InChI=1S/C14H15ClFNO3/c1-9(2)17(8-14(19)20)13(18)6-4-10-3-5-12(16)11(15)7-10/h3-7,9H,8H2,1-2H3,(H,19,20)/b6-4+. The van der Waals surface area contributed by atoms with Crippen molar-refractivity contribution in [3.05, 3.63) is 40.7 Å². The lowest BCUT2D eigenvalue weighted by atomic mass is 10.2. The van der Waals surface area contributed by atoms with Gasteiger partial charge in [-0.2, -0.15) is 0 Å². The normalized spacial score (nSPS) is 11.1. The molecule has 108 valence electrons. The molecule has 0 spiro atoms. The number of carboxylic acid groups (broad SMARTS) is 1. The molecule has 0 radical (unpaired) electrons. The summed E-state index contributed by atoms with van der Waals surface area (Å²) in [5.74, 6) is -2.04. The van der Waals surface area contributed by atoms with Gasteiger partial charge in [0.15, 0.2) is 0 Å². The number of nitrogens with zero attached hydrogens (tertiary/aromatic N) is 1. The highest BCUT2D eigenvalue weighted by Gasteiger charge is 2.17. The van der Waals surface area contributed by atoms with E-state index in [-0.39, 0.29) is 17.6 Å². The number of hydrogen-bond acceptors (Lipinski definition) is 2. The summed E-state index contributed by atoms with van der Waals surface area (Å²) in [6.45, 7) is 3.08. The zero-order valence-electron chi connectivity index (χ0n) is 11.1. The molecule has 1 aromatic rings. The summed E-state index contributed by atoms with van der Waals surface area (Å²) < 4.78 is 13.0. The fraction of sp³-hybridized carbons (Fsp3) is 0.286. The Morgan fingerprint density at radius 1 is 1.45 bits per heavy atom. The predicted octanol–water partition coefficient (Wildman–Crippen LogP) is 2.81. The van der Waals surface area contributed by atoms with Crippen LogP contribution in [-0.2, 0) is 9.59 Å². The van der Waals surface area contributed by atoms with Gasteiger partial charge in [-0.25, -0.2) is 4.39 Å². The number of carboxylic acids is 1. The van der Waals surface area contributed by atoms with Crippen LogP contribution >= 0.6 is 11.6 Å². The predicted molar refractivity (Wildman–Crippen MR) is 74.9 cm³/mol. The van der Waals surface area contributed by atoms with Gasteiger partial charge >= 0.3 is 5.97 Å². The summed E-state index contributed by atoms with van der Waals surface area (Å²) in [5, 5.41) is 8.72. The van der Waals surface area contributed by atoms with Crippen LogP contribution in [0.15, 0.2) is 24.3 Å². The third-order valence-electron chi connectivity index (χ3n) is 2.57. The Hall–Kier alpha value is -1.88. The van der Waals surface area contributed by atoms with Crippen LogP contribution in [0, 0.1) is 5.82 Å². The second-order valence-corrected chi connectivity index (χ2v) is 4.87. The Balaban J connectivity index is 2.83. The van der Waals surface area contributed by atoms with Crippen molar-refractivity contribution in [1.82, 2.24) is 4.90 Å². The summed E-state index contributed by atoms with van der Waals surface area (Å²) in [7, 11) is 0. The maximum absolute atomic E-state index is 13.0. The molecule has 0 saturated heterocycles. The van der Waals surface area contributed by atoms with Gasteiger partial charge in [0.05, 0.1) is 5.02 Å². The lowest BCUT2D eigenvalue weighted by molar-refractivity contribution is -0.143. The molecule has 0 fully saturated rings. The summed E-state index contributed by atoms with van der Waals surface area (Å²) >= 11 is 5.63. The van der Waals surface area contributed by atoms with Crippen molar-refractivity contribution in [3.63, 3.8) is 0 Å². The first-order valence-electron chi connectivity index (χ1n) is 5.96. The maximum atomic E-state index is 13.0. The minimum Gasteiger partial charge on any atom is -0.480 e. The van der Waals surface area contributed by atoms with Gasteiger partial charge in [0.25, 0.3) is 0 Å². The molecule has 0 unspecified atom stereocenters. The molecular weight excluding hydrogens is 285 g/mol. The van der Waals surface area contributed by atoms with Gasteiger partial charge in [-0.05, 0) is 37.6 Å². The lowest BCUT2D eigenvalue weighted by Gasteiger charge is -2.23. The second kappa shape index (κ2) is 7.05. The van der Waals surface area contributed by atoms with Crippen molar-refractivity contribution in [3.8, 4) is 0 Å². The number of aliphatic carboxylic acids is 1. The highest BCUT2D eigenvalue weighted by atomic mass is 35.5. The van der Waals surface area contributed by atoms with E-state index in [2.05, 4.69) is 0 Å². The molecule has 4 nitrogen and oxygen atoms in total. The smallest absolute Gasteiger partial charge is 0.323 e. The monoisotopic (exact) mass is 299 g/mol. The minimum atomic E-state index is -1.08. The number of hydrogen-bond donors (Lipinski definition) is 1. The van der Waals surface area contributed by atoms with Gasteiger partial charge in [-0.1, -0.05) is 17.7 Å². The van der Waals surface area contributed by atoms with Crippen molar-refractivity contribution in [1.29, 1.82) is 0 Å². The highest BCUT2D eigenvalue weighted by Crippen LogP contribution is 2.17. The summed E-state index contributed by atoms with van der Waals surface area (Å²) in [6.07, 6.45) is 2.71. The van der Waals surface area contributed by atoms with Crippen LogP contribution in [0.3, 0.4) is 0 Å². The summed E-state index contributed by atoms with van der Waals surface area (Å²) in [4.78, 5) is 23.8. The zero-order chi connectivity index (χ0) is 15.3. The van der Waals surface area contributed by atoms with Crippen LogP contribution in [0.4, 0.5) is 4.39 Å². The number of rotatable bonds is 5. The zero-order valence-corrected chi connectivity index (χ0v) is 11.9. The van der Waals surface area contributed by atoms with Gasteiger partial charge in [-0.3, -0.25) is 9.59 Å². The largest absolute Gasteiger partial charge is 0.480 e. The van der Waals surface area contributed by atoms with Gasteiger partial charge in [0.2, 0.25) is 5.91 Å². The van der Waals surface area contributed by atoms with Crippen molar-refractivity contribution >= 4 is 29.6 Å². The van der Waals surface area contributed by atoms with E-state index in [0.717, 1.165) is 0 Å². The molecule has 20 heavy (non-hydrogen) atoms. The SMILES string of the molecule is CC(C)N(CC(=O)O)C(=O)/C=C/c1ccc(F)c(Cl)c1. The molecule has 1 N–H and O–H groups in total. The van der Waals surface area contributed by atoms with E-state index < -0.39 is 17.7 Å². The molecule has 1 rings (SSSR count). The first-order chi connectivity index (χ1) is 9.31. The molecule has 0 aliphatic carbocycles. The van der Waals surface area contributed by atoms with Crippen molar-refractivity contribution in [2.75, 3.05) is 6.54 Å². The van der Waals surface area contributed by atoms with Crippen LogP contribution in [0.1, 0.15) is 19.4 Å². The maximum Gasteiger partial charge on any atom is 0.323 e. The first-order valence-corrected chi connectivity index (χ1v) is 6.34. The topological polar surface area (TPSA) is 57.6 Å². The van der Waals surface area contributed by atoms with Crippen molar-refractivity contribution in [2.24, 2.45) is 0 Å². The number of benzene rings is 1. The van der Waals surface area contributed by atoms with Crippen LogP contribution in [0.25, 0.3) is 6.08 Å². The Labute approximate surface area is 121 Å². The third kappa shape index (κ3) is 4.66. The average molecular weight is 300 g/mol. The molecule has 6 heteroatoms. The molecule has 0 aliphatic heterocycles. The molecule has 0 heterocycles. The third-order valence-corrected chi connectivity index (χ3v) is 2.86. The number of amides is 1. The molecule has 0 bridgehead atoms. The number of carbonyl (C=O) groups excluding carboxylic acids is 1. The Bertz CT molecular complexity index is 543. The molecule has 0 aliphatic rings. The fourth-order valence-corrected chi connectivity index (χ4v) is 1.73. The quantitative estimate of drug-likeness (QED) is 0.851. The molecular formula is C14H15ClFNO3. The fourth-order valence-electron chi connectivity index (χ4n) is 1.54. The van der Waals surface area contributed by atoms with Crippen molar-refractivity contribution < 1.29 is 19.1 Å². The van der Waals surface area contributed by atoms with Gasteiger partial charge in [0, 0.05) is 12.1 Å². The van der Waals surface area contributed by atoms with Crippen LogP contribution in [-0.4, -0.2) is 34.5 Å². The van der Waals surface area contributed by atoms with E-state index in [1.165, 1.54) is 35.3 Å². The molecule has 0 saturated carbocycles. The summed E-state index contributed by atoms with van der Waals surface area (Å²) in [5.41, 5.74) is 0.559. The Morgan fingerprint density at radius 2 is 2.10 bits per heavy atom. The van der Waals surface area contributed by atoms with Crippen LogP contribution < -0.4 is 0 Å². The van der Waals surface area contributed by atoms with Gasteiger partial charge < -0.3 is 10.0 Å². The van der Waals surface area contributed by atoms with Crippen LogP contribution in [0.2, 0.25) is 5.02 Å². The molecule has 0 atom stereocenters. The molecule has 0 aromatic heterocycles. The Morgan fingerprint density at radius 3 is 2.60 bits per heavy atom. The van der Waals surface area contributed by atoms with Gasteiger partial charge in [-0.15, -0.1) is 0 Å². The number of carbonyl (C=O) groups is 2. The van der Waals surface area contributed by atoms with E-state index in [1.807, 2.05) is 0 Å². The minimum absolute atomic E-state index is 0.0362. The first kappa shape index (κ1) is 16.2. The average Bonchev–Trinajstić information content (AvgIpc) is 2.36. The molecule has 1 amide bonds. The van der Waals surface area contributed by atoms with Crippen LogP contribution in [0.5, 0.6) is 0 Å².